The van der Waals surface area contributed by atoms with Gasteiger partial charge >= 0.3 is 0 Å². The fourth-order valence-corrected chi connectivity index (χ4v) is 7.26. The summed E-state index contributed by atoms with van der Waals surface area (Å²) in [6.45, 7) is 6.18. The molecule has 0 bridgehead atoms. The fraction of sp³-hybridized carbons (Fsp3) is 0.205. The zero-order valence-electron chi connectivity index (χ0n) is 28.6. The van der Waals surface area contributed by atoms with E-state index in [1.54, 1.807) is 61.1 Å². The summed E-state index contributed by atoms with van der Waals surface area (Å²) in [6.07, 6.45) is 1.74. The van der Waals surface area contributed by atoms with Gasteiger partial charge in [0.05, 0.1) is 47.7 Å². The molecule has 0 aliphatic carbocycles. The van der Waals surface area contributed by atoms with E-state index in [0.29, 0.717) is 77.1 Å². The van der Waals surface area contributed by atoms with Crippen molar-refractivity contribution >= 4 is 52.2 Å². The van der Waals surface area contributed by atoms with Crippen molar-refractivity contribution in [1.29, 1.82) is 0 Å². The second-order valence-corrected chi connectivity index (χ2v) is 13.5. The van der Waals surface area contributed by atoms with E-state index in [2.05, 4.69) is 5.32 Å². The number of methoxy groups -OCH3 is 2. The molecule has 9 nitrogen and oxygen atoms in total. The number of allylic oxidation sites excluding steroid dienone is 1. The molecule has 1 aliphatic rings. The van der Waals surface area contributed by atoms with E-state index in [4.69, 9.17) is 47.1 Å². The number of hydrogen-bond acceptors (Lipinski definition) is 8. The van der Waals surface area contributed by atoms with Crippen LogP contribution in [0.2, 0.25) is 10.0 Å². The summed E-state index contributed by atoms with van der Waals surface area (Å²) < 4.78 is 25.0. The van der Waals surface area contributed by atoms with Gasteiger partial charge in [0.1, 0.15) is 6.61 Å². The number of halogens is 2. The number of aryl methyl sites for hydroxylation is 1. The third-order valence-electron chi connectivity index (χ3n) is 8.31. The summed E-state index contributed by atoms with van der Waals surface area (Å²) in [4.78, 5) is 33.7. The molecule has 4 aromatic carbocycles. The van der Waals surface area contributed by atoms with Crippen molar-refractivity contribution in [3.63, 3.8) is 0 Å². The van der Waals surface area contributed by atoms with Crippen molar-refractivity contribution in [3.8, 4) is 23.0 Å². The lowest BCUT2D eigenvalue weighted by molar-refractivity contribution is -0.113. The van der Waals surface area contributed by atoms with E-state index >= 15 is 0 Å². The Balaban J connectivity index is 1.44. The number of para-hydroxylation sites is 1. The Morgan fingerprint density at radius 3 is 2.39 bits per heavy atom. The number of nitrogens with zero attached hydrogens (tertiary/aromatic N) is 2. The molecule has 1 N–H and O–H groups in total. The minimum Gasteiger partial charge on any atom is -0.493 e. The van der Waals surface area contributed by atoms with Crippen molar-refractivity contribution in [2.75, 3.05) is 26.1 Å². The zero-order valence-corrected chi connectivity index (χ0v) is 30.9. The van der Waals surface area contributed by atoms with Crippen LogP contribution in [0, 0.1) is 6.92 Å². The van der Waals surface area contributed by atoms with Gasteiger partial charge in [-0.05, 0) is 91.6 Å². The lowest BCUT2D eigenvalue weighted by atomic mass is 9.94. The molecule has 0 radical (unpaired) electrons. The quantitative estimate of drug-likeness (QED) is 0.151. The maximum Gasteiger partial charge on any atom is 0.271 e. The van der Waals surface area contributed by atoms with Crippen LogP contribution in [-0.2, 0) is 11.4 Å². The van der Waals surface area contributed by atoms with Crippen molar-refractivity contribution in [3.05, 3.63) is 142 Å². The number of nitrogens with one attached hydrogen (secondary N) is 1. The lowest BCUT2D eigenvalue weighted by Crippen LogP contribution is -2.40. The number of aromatic nitrogens is 1. The van der Waals surface area contributed by atoms with Gasteiger partial charge in [-0.3, -0.25) is 14.2 Å². The highest BCUT2D eigenvalue weighted by Crippen LogP contribution is 2.38. The molecule has 2 heterocycles. The van der Waals surface area contributed by atoms with Gasteiger partial charge in [0.25, 0.3) is 11.5 Å². The standard InChI is InChI=1S/C39H35Cl2N3O6S/c1-6-49-32-18-25(17-28(41)36(32)50-21-24-11-14-27(40)15-12-24)19-33-38(46)44-35(26-13-16-30(47-4)31(20-26)48-5)34(23(3)42-39(44)51-33)37(45)43-29-10-8-7-9-22(29)2/h7-20,35H,6,21H2,1-5H3,(H,43,45)/b33-19-/t35-/m1/s1. The molecule has 0 saturated heterocycles. The van der Waals surface area contributed by atoms with Crippen LogP contribution in [0.25, 0.3) is 6.08 Å². The summed E-state index contributed by atoms with van der Waals surface area (Å²) in [6, 6.07) is 22.9. The molecule has 0 fully saturated rings. The summed E-state index contributed by atoms with van der Waals surface area (Å²) in [5, 5.41) is 3.99. The van der Waals surface area contributed by atoms with Gasteiger partial charge in [0.2, 0.25) is 0 Å². The minimum absolute atomic E-state index is 0.254. The van der Waals surface area contributed by atoms with Crippen molar-refractivity contribution in [1.82, 2.24) is 4.57 Å². The monoisotopic (exact) mass is 743 g/mol. The number of ether oxygens (including phenoxy) is 4. The van der Waals surface area contributed by atoms with Crippen LogP contribution in [-0.4, -0.2) is 31.3 Å². The molecule has 12 heteroatoms. The molecule has 5 aromatic rings. The molecule has 262 valence electrons. The number of benzene rings is 4. The van der Waals surface area contributed by atoms with E-state index < -0.39 is 6.04 Å². The predicted molar refractivity (Wildman–Crippen MR) is 202 cm³/mol. The van der Waals surface area contributed by atoms with Gasteiger partial charge in [-0.25, -0.2) is 4.99 Å². The Morgan fingerprint density at radius 1 is 0.941 bits per heavy atom. The molecule has 1 aliphatic heterocycles. The van der Waals surface area contributed by atoms with E-state index in [1.165, 1.54) is 18.4 Å². The first-order valence-electron chi connectivity index (χ1n) is 16.1. The molecular weight excluding hydrogens is 709 g/mol. The molecule has 0 saturated carbocycles. The average Bonchev–Trinajstić information content (AvgIpc) is 3.42. The second kappa shape index (κ2) is 15.5. The zero-order chi connectivity index (χ0) is 36.2. The largest absolute Gasteiger partial charge is 0.493 e. The number of rotatable bonds is 11. The molecular formula is C39H35Cl2N3O6S. The van der Waals surface area contributed by atoms with Gasteiger partial charge in [0.15, 0.2) is 27.8 Å². The van der Waals surface area contributed by atoms with Crippen molar-refractivity contribution < 1.29 is 23.7 Å². The highest BCUT2D eigenvalue weighted by molar-refractivity contribution is 7.07. The SMILES string of the molecule is CCOc1cc(/C=c2\sc3n(c2=O)[C@H](c2ccc(OC)c(OC)c2)C(C(=O)Nc2ccccc2C)=C(C)N=3)cc(Cl)c1OCc1ccc(Cl)cc1. The highest BCUT2D eigenvalue weighted by Gasteiger charge is 2.33. The maximum absolute atomic E-state index is 14.4. The smallest absolute Gasteiger partial charge is 0.271 e. The number of thiazole rings is 1. The van der Waals surface area contributed by atoms with Crippen molar-refractivity contribution in [2.24, 2.45) is 4.99 Å². The van der Waals surface area contributed by atoms with E-state index in [-0.39, 0.29) is 18.1 Å². The molecule has 1 aromatic heterocycles. The number of amides is 1. The first-order chi connectivity index (χ1) is 24.6. The summed E-state index contributed by atoms with van der Waals surface area (Å²) >= 11 is 14.0. The first kappa shape index (κ1) is 35.8. The number of anilines is 1. The van der Waals surface area contributed by atoms with Crippen LogP contribution in [0.3, 0.4) is 0 Å². The Bertz CT molecular complexity index is 2330. The summed E-state index contributed by atoms with van der Waals surface area (Å²) in [5.41, 5.74) is 4.23. The Morgan fingerprint density at radius 2 is 1.69 bits per heavy atom. The predicted octanol–water partition coefficient (Wildman–Crippen LogP) is 7.48. The van der Waals surface area contributed by atoms with Crippen LogP contribution in [0.5, 0.6) is 23.0 Å². The Kier molecular flexibility index (Phi) is 10.9. The molecule has 51 heavy (non-hydrogen) atoms. The van der Waals surface area contributed by atoms with Gasteiger partial charge < -0.3 is 24.3 Å². The topological polar surface area (TPSA) is 100 Å². The van der Waals surface area contributed by atoms with Crippen LogP contribution in [0.1, 0.15) is 42.1 Å². The van der Waals surface area contributed by atoms with Gasteiger partial charge in [-0.1, -0.05) is 70.9 Å². The Labute approximate surface area is 309 Å². The average molecular weight is 745 g/mol. The number of hydrogen-bond donors (Lipinski definition) is 1. The second-order valence-electron chi connectivity index (χ2n) is 11.6. The van der Waals surface area contributed by atoms with Crippen molar-refractivity contribution in [2.45, 2.75) is 33.4 Å². The fourth-order valence-electron chi connectivity index (χ4n) is 5.81. The van der Waals surface area contributed by atoms with Gasteiger partial charge in [0, 0.05) is 10.7 Å². The lowest BCUT2D eigenvalue weighted by Gasteiger charge is -2.26. The maximum atomic E-state index is 14.4. The molecule has 0 unspecified atom stereocenters. The number of fused-ring (bicyclic) bond motifs is 1. The molecule has 6 rings (SSSR count). The van der Waals surface area contributed by atoms with Crippen LogP contribution >= 0.6 is 34.5 Å². The summed E-state index contributed by atoms with van der Waals surface area (Å²) in [7, 11) is 3.09. The Hall–Kier alpha value is -5.03. The minimum atomic E-state index is -0.821. The van der Waals surface area contributed by atoms with Gasteiger partial charge in [-0.15, -0.1) is 0 Å². The summed E-state index contributed by atoms with van der Waals surface area (Å²) in [5.74, 6) is 1.43. The van der Waals surface area contributed by atoms with Crippen LogP contribution in [0.4, 0.5) is 5.69 Å². The van der Waals surface area contributed by atoms with Crippen LogP contribution in [0.15, 0.2) is 99.9 Å². The first-order valence-corrected chi connectivity index (χ1v) is 17.6. The van der Waals surface area contributed by atoms with E-state index in [9.17, 15) is 9.59 Å². The molecule has 1 atom stereocenters. The number of carbonyl (C=O) groups excluding carboxylic acids is 1. The van der Waals surface area contributed by atoms with Gasteiger partial charge in [-0.2, -0.15) is 0 Å². The third-order valence-corrected chi connectivity index (χ3v) is 9.82. The van der Waals surface area contributed by atoms with E-state index in [1.807, 2.05) is 56.3 Å². The number of carbonyl (C=O) groups is 1. The van der Waals surface area contributed by atoms with E-state index in [0.717, 1.165) is 11.1 Å². The third kappa shape index (κ3) is 7.54. The normalized spacial score (nSPS) is 14.1. The highest BCUT2D eigenvalue weighted by atomic mass is 35.5. The molecule has 1 amide bonds. The van der Waals surface area contributed by atoms with Crippen LogP contribution < -0.4 is 39.2 Å². The molecule has 0 spiro atoms.